The van der Waals surface area contributed by atoms with Gasteiger partial charge in [0, 0.05) is 24.7 Å². The summed E-state index contributed by atoms with van der Waals surface area (Å²) in [7, 11) is 0. The number of nitrogens with zero attached hydrogens (tertiary/aromatic N) is 1. The molecule has 2 unspecified atom stereocenters. The van der Waals surface area contributed by atoms with Gasteiger partial charge in [-0.15, -0.1) is 0 Å². The second kappa shape index (κ2) is 6.88. The first-order valence-electron chi connectivity index (χ1n) is 7.57. The predicted octanol–water partition coefficient (Wildman–Crippen LogP) is 2.65. The van der Waals surface area contributed by atoms with Crippen molar-refractivity contribution in [2.24, 2.45) is 0 Å². The number of nitrogens with one attached hydrogen (secondary N) is 1. The fourth-order valence-corrected chi connectivity index (χ4v) is 2.98. The molecule has 1 rings (SSSR count). The molecule has 18 heavy (non-hydrogen) atoms. The van der Waals surface area contributed by atoms with E-state index in [-0.39, 0.29) is 5.54 Å². The summed E-state index contributed by atoms with van der Waals surface area (Å²) in [5.74, 6) is 0. The van der Waals surface area contributed by atoms with Crippen LogP contribution in [-0.2, 0) is 4.74 Å². The number of hydrogen-bond acceptors (Lipinski definition) is 3. The molecule has 1 aliphatic rings. The second-order valence-electron chi connectivity index (χ2n) is 6.05. The molecule has 0 aromatic rings. The van der Waals surface area contributed by atoms with Crippen molar-refractivity contribution in [1.82, 2.24) is 10.2 Å². The second-order valence-corrected chi connectivity index (χ2v) is 6.05. The quantitative estimate of drug-likeness (QED) is 0.791. The van der Waals surface area contributed by atoms with Crippen molar-refractivity contribution in [3.05, 3.63) is 0 Å². The van der Waals surface area contributed by atoms with Crippen LogP contribution in [0.3, 0.4) is 0 Å². The van der Waals surface area contributed by atoms with Crippen molar-refractivity contribution in [2.45, 2.75) is 78.2 Å². The van der Waals surface area contributed by atoms with E-state index >= 15 is 0 Å². The molecule has 108 valence electrons. The van der Waals surface area contributed by atoms with Crippen molar-refractivity contribution < 1.29 is 4.74 Å². The van der Waals surface area contributed by atoms with Crippen molar-refractivity contribution in [3.8, 4) is 0 Å². The topological polar surface area (TPSA) is 24.5 Å². The summed E-state index contributed by atoms with van der Waals surface area (Å²) in [4.78, 5) is 2.62. The zero-order valence-electron chi connectivity index (χ0n) is 13.1. The van der Waals surface area contributed by atoms with Crippen LogP contribution in [0.25, 0.3) is 0 Å². The van der Waals surface area contributed by atoms with Crippen LogP contribution in [0.1, 0.15) is 54.4 Å². The van der Waals surface area contributed by atoms with Crippen molar-refractivity contribution in [2.75, 3.05) is 19.6 Å². The highest BCUT2D eigenvalue weighted by Crippen LogP contribution is 2.27. The third kappa shape index (κ3) is 3.69. The maximum absolute atomic E-state index is 5.85. The SMILES string of the molecule is CCCNC(C)C(C)(CC)N1C[C@@H](C)O[C@@H](C)C1. The Labute approximate surface area is 113 Å². The monoisotopic (exact) mass is 256 g/mol. The van der Waals surface area contributed by atoms with Gasteiger partial charge in [0.2, 0.25) is 0 Å². The molecule has 1 saturated heterocycles. The summed E-state index contributed by atoms with van der Waals surface area (Å²) >= 11 is 0. The Morgan fingerprint density at radius 3 is 2.28 bits per heavy atom. The van der Waals surface area contributed by atoms with Gasteiger partial charge in [-0.1, -0.05) is 13.8 Å². The third-order valence-electron chi connectivity index (χ3n) is 4.49. The van der Waals surface area contributed by atoms with Crippen LogP contribution >= 0.6 is 0 Å². The Morgan fingerprint density at radius 2 is 1.83 bits per heavy atom. The van der Waals surface area contributed by atoms with E-state index < -0.39 is 0 Å². The van der Waals surface area contributed by atoms with Crippen LogP contribution in [-0.4, -0.2) is 48.3 Å². The van der Waals surface area contributed by atoms with Gasteiger partial charge in [0.1, 0.15) is 0 Å². The summed E-state index contributed by atoms with van der Waals surface area (Å²) < 4.78 is 5.85. The highest BCUT2D eigenvalue weighted by atomic mass is 16.5. The molecule has 0 aromatic carbocycles. The normalized spacial score (nSPS) is 31.0. The van der Waals surface area contributed by atoms with Gasteiger partial charge in [-0.05, 0) is 47.1 Å². The fourth-order valence-electron chi connectivity index (χ4n) is 2.98. The maximum atomic E-state index is 5.85. The van der Waals surface area contributed by atoms with Crippen molar-refractivity contribution in [3.63, 3.8) is 0 Å². The molecule has 1 N–H and O–H groups in total. The molecule has 0 aliphatic carbocycles. The molecule has 0 radical (unpaired) electrons. The Morgan fingerprint density at radius 1 is 1.28 bits per heavy atom. The van der Waals surface area contributed by atoms with Crippen LogP contribution in [0.4, 0.5) is 0 Å². The summed E-state index contributed by atoms with van der Waals surface area (Å²) in [5.41, 5.74) is 0.224. The predicted molar refractivity (Wildman–Crippen MR) is 78.0 cm³/mol. The van der Waals surface area contributed by atoms with Crippen LogP contribution in [0.15, 0.2) is 0 Å². The zero-order valence-corrected chi connectivity index (χ0v) is 13.1. The van der Waals surface area contributed by atoms with Crippen molar-refractivity contribution in [1.29, 1.82) is 0 Å². The molecule has 0 spiro atoms. The zero-order chi connectivity index (χ0) is 13.8. The summed E-state index contributed by atoms with van der Waals surface area (Å²) in [6.07, 6.45) is 3.06. The highest BCUT2D eigenvalue weighted by molar-refractivity contribution is 4.96. The molecule has 4 atom stereocenters. The average molecular weight is 256 g/mol. The largest absolute Gasteiger partial charge is 0.373 e. The molecule has 1 aliphatic heterocycles. The Bertz CT molecular complexity index is 237. The molecule has 0 aromatic heterocycles. The smallest absolute Gasteiger partial charge is 0.0678 e. The van der Waals surface area contributed by atoms with Gasteiger partial charge in [0.25, 0.3) is 0 Å². The average Bonchev–Trinajstić information content (AvgIpc) is 2.33. The highest BCUT2D eigenvalue weighted by Gasteiger charge is 2.39. The van der Waals surface area contributed by atoms with E-state index in [1.54, 1.807) is 0 Å². The fraction of sp³-hybridized carbons (Fsp3) is 1.00. The minimum atomic E-state index is 0.224. The number of rotatable bonds is 6. The molecule has 1 fully saturated rings. The van der Waals surface area contributed by atoms with E-state index in [2.05, 4.69) is 51.8 Å². The Balaban J connectivity index is 2.72. The van der Waals surface area contributed by atoms with Gasteiger partial charge in [-0.2, -0.15) is 0 Å². The van der Waals surface area contributed by atoms with Crippen LogP contribution in [0.2, 0.25) is 0 Å². The first kappa shape index (κ1) is 15.9. The molecular formula is C15H32N2O. The van der Waals surface area contributed by atoms with E-state index in [4.69, 9.17) is 4.74 Å². The first-order valence-corrected chi connectivity index (χ1v) is 7.57. The van der Waals surface area contributed by atoms with E-state index in [9.17, 15) is 0 Å². The lowest BCUT2D eigenvalue weighted by molar-refractivity contribution is -0.106. The number of hydrogen-bond donors (Lipinski definition) is 1. The summed E-state index contributed by atoms with van der Waals surface area (Å²) in [5, 5.41) is 3.67. The summed E-state index contributed by atoms with van der Waals surface area (Å²) in [6.45, 7) is 16.8. The van der Waals surface area contributed by atoms with Crippen LogP contribution in [0.5, 0.6) is 0 Å². The number of ether oxygens (including phenoxy) is 1. The van der Waals surface area contributed by atoms with Gasteiger partial charge in [0.05, 0.1) is 12.2 Å². The molecule has 0 amide bonds. The van der Waals surface area contributed by atoms with Gasteiger partial charge in [-0.25, -0.2) is 0 Å². The van der Waals surface area contributed by atoms with Crippen LogP contribution < -0.4 is 5.32 Å². The van der Waals surface area contributed by atoms with Crippen LogP contribution in [0, 0.1) is 0 Å². The van der Waals surface area contributed by atoms with E-state index in [0.29, 0.717) is 18.2 Å². The third-order valence-corrected chi connectivity index (χ3v) is 4.49. The Kier molecular flexibility index (Phi) is 6.09. The minimum Gasteiger partial charge on any atom is -0.373 e. The first-order chi connectivity index (χ1) is 8.43. The van der Waals surface area contributed by atoms with Gasteiger partial charge in [-0.3, -0.25) is 4.90 Å². The van der Waals surface area contributed by atoms with Gasteiger partial charge < -0.3 is 10.1 Å². The van der Waals surface area contributed by atoms with E-state index in [0.717, 1.165) is 19.6 Å². The lowest BCUT2D eigenvalue weighted by Gasteiger charge is -2.49. The molecule has 3 nitrogen and oxygen atoms in total. The maximum Gasteiger partial charge on any atom is 0.0678 e. The lowest BCUT2D eigenvalue weighted by atomic mass is 9.87. The van der Waals surface area contributed by atoms with E-state index in [1.807, 2.05) is 0 Å². The molecule has 3 heteroatoms. The van der Waals surface area contributed by atoms with Gasteiger partial charge >= 0.3 is 0 Å². The minimum absolute atomic E-state index is 0.224. The number of morpholine rings is 1. The Hall–Kier alpha value is -0.120. The summed E-state index contributed by atoms with van der Waals surface area (Å²) in [6, 6.07) is 0.514. The molecule has 0 bridgehead atoms. The van der Waals surface area contributed by atoms with Crippen molar-refractivity contribution >= 4 is 0 Å². The van der Waals surface area contributed by atoms with E-state index in [1.165, 1.54) is 12.8 Å². The molecule has 1 heterocycles. The standard InChI is InChI=1S/C15H32N2O/c1-7-9-16-14(5)15(6,8-2)17-10-12(3)18-13(4)11-17/h12-14,16H,7-11H2,1-6H3/t12-,13+,14?,15?. The van der Waals surface area contributed by atoms with Gasteiger partial charge in [0.15, 0.2) is 0 Å². The lowest BCUT2D eigenvalue weighted by Crippen LogP contribution is -2.63. The molecule has 0 saturated carbocycles. The molecular weight excluding hydrogens is 224 g/mol.